The molecular weight excluding hydrogens is 402 g/mol. The Morgan fingerprint density at radius 2 is 1.78 bits per heavy atom. The van der Waals surface area contributed by atoms with Crippen LogP contribution in [0, 0.1) is 6.92 Å². The highest BCUT2D eigenvalue weighted by molar-refractivity contribution is 5.94. The number of nitrogens with zero attached hydrogens (tertiary/aromatic N) is 4. The minimum absolute atomic E-state index is 0.0943. The van der Waals surface area contributed by atoms with Crippen LogP contribution in [0.5, 0.6) is 0 Å². The number of benzene rings is 2. The maximum Gasteiger partial charge on any atom is 0.251 e. The number of aryl methyl sites for hydroxylation is 2. The molecule has 8 heteroatoms. The first-order valence-corrected chi connectivity index (χ1v) is 10.4. The molecule has 3 N–H and O–H groups in total. The molecule has 2 aromatic heterocycles. The molecule has 0 spiro atoms. The van der Waals surface area contributed by atoms with E-state index in [1.165, 1.54) is 0 Å². The molecule has 0 aliphatic heterocycles. The Labute approximate surface area is 186 Å². The smallest absolute Gasteiger partial charge is 0.251 e. The van der Waals surface area contributed by atoms with Crippen molar-refractivity contribution in [1.82, 2.24) is 24.8 Å². The highest BCUT2D eigenvalue weighted by atomic mass is 16.1. The molecule has 0 atom stereocenters. The summed E-state index contributed by atoms with van der Waals surface area (Å²) in [7, 11) is 0. The molecule has 0 bridgehead atoms. The van der Waals surface area contributed by atoms with E-state index >= 15 is 0 Å². The SMILES string of the molecule is Cc1cnc(Nc2ccc(C(=O)NCCCn3ccnc3)cc2)nc1Nc1ccccc1. The minimum Gasteiger partial charge on any atom is -0.352 e. The number of para-hydroxylation sites is 1. The number of hydrogen-bond donors (Lipinski definition) is 3. The third-order valence-corrected chi connectivity index (χ3v) is 4.85. The summed E-state index contributed by atoms with van der Waals surface area (Å²) in [6.45, 7) is 3.38. The maximum atomic E-state index is 12.3. The Bertz CT molecular complexity index is 1140. The zero-order chi connectivity index (χ0) is 22.2. The van der Waals surface area contributed by atoms with E-state index in [1.54, 1.807) is 30.9 Å². The van der Waals surface area contributed by atoms with Gasteiger partial charge in [0.1, 0.15) is 5.82 Å². The van der Waals surface area contributed by atoms with Crippen molar-refractivity contribution in [3.05, 3.63) is 90.6 Å². The number of rotatable bonds is 9. The van der Waals surface area contributed by atoms with E-state index in [4.69, 9.17) is 0 Å². The summed E-state index contributed by atoms with van der Waals surface area (Å²) in [5.41, 5.74) is 3.31. The zero-order valence-corrected chi connectivity index (χ0v) is 17.8. The predicted octanol–water partition coefficient (Wildman–Crippen LogP) is 4.29. The number of nitrogens with one attached hydrogen (secondary N) is 3. The number of carbonyl (C=O) groups excluding carboxylic acids is 1. The van der Waals surface area contributed by atoms with Gasteiger partial charge in [-0.2, -0.15) is 4.98 Å². The summed E-state index contributed by atoms with van der Waals surface area (Å²) in [5, 5.41) is 9.44. The Balaban J connectivity index is 1.32. The number of hydrogen-bond acceptors (Lipinski definition) is 6. The van der Waals surface area contributed by atoms with Gasteiger partial charge >= 0.3 is 0 Å². The summed E-state index contributed by atoms with van der Waals surface area (Å²) in [6, 6.07) is 17.1. The Hall–Kier alpha value is -4.20. The molecule has 0 radical (unpaired) electrons. The fraction of sp³-hybridized carbons (Fsp3) is 0.167. The van der Waals surface area contributed by atoms with Gasteiger partial charge in [0, 0.05) is 54.2 Å². The Kier molecular flexibility index (Phi) is 6.72. The monoisotopic (exact) mass is 427 g/mol. The molecule has 0 saturated carbocycles. The molecular formula is C24H25N7O. The van der Waals surface area contributed by atoms with E-state index in [0.29, 0.717) is 18.1 Å². The Morgan fingerprint density at radius 1 is 1.00 bits per heavy atom. The zero-order valence-electron chi connectivity index (χ0n) is 17.8. The second-order valence-electron chi connectivity index (χ2n) is 7.33. The van der Waals surface area contributed by atoms with Crippen LogP contribution in [0.15, 0.2) is 79.5 Å². The molecule has 8 nitrogen and oxygen atoms in total. The van der Waals surface area contributed by atoms with Crippen molar-refractivity contribution in [2.45, 2.75) is 19.9 Å². The molecule has 0 saturated heterocycles. The molecule has 32 heavy (non-hydrogen) atoms. The van der Waals surface area contributed by atoms with E-state index in [1.807, 2.05) is 60.2 Å². The lowest BCUT2D eigenvalue weighted by molar-refractivity contribution is 0.0952. The highest BCUT2D eigenvalue weighted by Gasteiger charge is 2.07. The van der Waals surface area contributed by atoms with Crippen molar-refractivity contribution in [3.63, 3.8) is 0 Å². The van der Waals surface area contributed by atoms with Gasteiger partial charge in [0.25, 0.3) is 5.91 Å². The third-order valence-electron chi connectivity index (χ3n) is 4.85. The van der Waals surface area contributed by atoms with Gasteiger partial charge in [-0.25, -0.2) is 9.97 Å². The molecule has 0 unspecified atom stereocenters. The number of imidazole rings is 1. The molecule has 162 valence electrons. The lowest BCUT2D eigenvalue weighted by atomic mass is 10.2. The van der Waals surface area contributed by atoms with Crippen molar-refractivity contribution in [3.8, 4) is 0 Å². The summed E-state index contributed by atoms with van der Waals surface area (Å²) in [4.78, 5) is 25.3. The molecule has 4 rings (SSSR count). The van der Waals surface area contributed by atoms with Crippen LogP contribution in [0.4, 0.5) is 23.1 Å². The summed E-state index contributed by atoms with van der Waals surface area (Å²) >= 11 is 0. The van der Waals surface area contributed by atoms with Crippen molar-refractivity contribution < 1.29 is 4.79 Å². The normalized spacial score (nSPS) is 10.5. The molecule has 0 aliphatic rings. The lowest BCUT2D eigenvalue weighted by Gasteiger charge is -2.11. The van der Waals surface area contributed by atoms with Gasteiger partial charge in [-0.15, -0.1) is 0 Å². The van der Waals surface area contributed by atoms with Gasteiger partial charge in [-0.05, 0) is 49.7 Å². The Morgan fingerprint density at radius 3 is 2.53 bits per heavy atom. The summed E-state index contributed by atoms with van der Waals surface area (Å²) < 4.78 is 1.99. The van der Waals surface area contributed by atoms with Crippen LogP contribution in [-0.2, 0) is 6.54 Å². The molecule has 1 amide bonds. The number of aromatic nitrogens is 4. The lowest BCUT2D eigenvalue weighted by Crippen LogP contribution is -2.25. The average molecular weight is 428 g/mol. The van der Waals surface area contributed by atoms with Crippen LogP contribution in [0.1, 0.15) is 22.3 Å². The van der Waals surface area contributed by atoms with Gasteiger partial charge in [-0.1, -0.05) is 18.2 Å². The van der Waals surface area contributed by atoms with Crippen LogP contribution < -0.4 is 16.0 Å². The van der Waals surface area contributed by atoms with E-state index < -0.39 is 0 Å². The van der Waals surface area contributed by atoms with E-state index in [9.17, 15) is 4.79 Å². The second kappa shape index (κ2) is 10.2. The van der Waals surface area contributed by atoms with E-state index in [-0.39, 0.29) is 5.91 Å². The third kappa shape index (κ3) is 5.69. The summed E-state index contributed by atoms with van der Waals surface area (Å²) in [6.07, 6.45) is 8.03. The van der Waals surface area contributed by atoms with Gasteiger partial charge in [-0.3, -0.25) is 4.79 Å². The second-order valence-corrected chi connectivity index (χ2v) is 7.33. The average Bonchev–Trinajstić information content (AvgIpc) is 3.34. The fourth-order valence-corrected chi connectivity index (χ4v) is 3.11. The van der Waals surface area contributed by atoms with E-state index in [0.717, 1.165) is 35.7 Å². The molecule has 2 heterocycles. The topological polar surface area (TPSA) is 96.8 Å². The van der Waals surface area contributed by atoms with Gasteiger partial charge < -0.3 is 20.5 Å². The van der Waals surface area contributed by atoms with E-state index in [2.05, 4.69) is 30.9 Å². The number of amides is 1. The first kappa shape index (κ1) is 21.0. The molecule has 2 aromatic carbocycles. The van der Waals surface area contributed by atoms with Crippen LogP contribution in [-0.4, -0.2) is 32.0 Å². The van der Waals surface area contributed by atoms with Gasteiger partial charge in [0.05, 0.1) is 6.33 Å². The van der Waals surface area contributed by atoms with Crippen LogP contribution in [0.3, 0.4) is 0 Å². The number of carbonyl (C=O) groups is 1. The first-order chi connectivity index (χ1) is 15.7. The standard InChI is InChI=1S/C24H25N7O/c1-18-16-27-24(30-22(18)28-20-6-3-2-4-7-20)29-21-10-8-19(9-11-21)23(32)26-12-5-14-31-15-13-25-17-31/h2-4,6-11,13,15-17H,5,12,14H2,1H3,(H,26,32)(H2,27,28,29,30). The van der Waals surface area contributed by atoms with Crippen molar-refractivity contribution >= 4 is 29.0 Å². The summed E-state index contributed by atoms with van der Waals surface area (Å²) in [5.74, 6) is 1.12. The van der Waals surface area contributed by atoms with Crippen LogP contribution in [0.2, 0.25) is 0 Å². The minimum atomic E-state index is -0.0943. The highest BCUT2D eigenvalue weighted by Crippen LogP contribution is 2.21. The first-order valence-electron chi connectivity index (χ1n) is 10.4. The van der Waals surface area contributed by atoms with Crippen molar-refractivity contribution in [1.29, 1.82) is 0 Å². The molecule has 0 aliphatic carbocycles. The molecule has 4 aromatic rings. The van der Waals surface area contributed by atoms with Crippen molar-refractivity contribution in [2.24, 2.45) is 0 Å². The largest absolute Gasteiger partial charge is 0.352 e. The number of anilines is 4. The van der Waals surface area contributed by atoms with Crippen LogP contribution >= 0.6 is 0 Å². The van der Waals surface area contributed by atoms with Gasteiger partial charge in [0.15, 0.2) is 0 Å². The molecule has 0 fully saturated rings. The van der Waals surface area contributed by atoms with Gasteiger partial charge in [0.2, 0.25) is 5.95 Å². The van der Waals surface area contributed by atoms with Crippen molar-refractivity contribution in [2.75, 3.05) is 17.2 Å². The predicted molar refractivity (Wildman–Crippen MR) is 125 cm³/mol. The quantitative estimate of drug-likeness (QED) is 0.345. The van der Waals surface area contributed by atoms with Crippen LogP contribution in [0.25, 0.3) is 0 Å². The fourth-order valence-electron chi connectivity index (χ4n) is 3.11. The maximum absolute atomic E-state index is 12.3.